The molecule has 0 heteroatoms. The van der Waals surface area contributed by atoms with E-state index in [0.29, 0.717) is 5.41 Å². The van der Waals surface area contributed by atoms with E-state index in [9.17, 15) is 0 Å². The van der Waals surface area contributed by atoms with Crippen molar-refractivity contribution < 1.29 is 0 Å². The third-order valence-corrected chi connectivity index (χ3v) is 2.96. The highest BCUT2D eigenvalue weighted by Gasteiger charge is 2.17. The standard InChI is InChI=1S/C14H24/c1-7-12(4)10-11-13(8-2)14(5,6)9-3/h7-8,10-11H,9H2,1-6H3/b11-10-,12-7-,13-8+. The second-order valence-corrected chi connectivity index (χ2v) is 4.35. The molecule has 0 aromatic rings. The molecule has 0 N–H and O–H groups in total. The lowest BCUT2D eigenvalue weighted by Gasteiger charge is -2.24. The van der Waals surface area contributed by atoms with Gasteiger partial charge in [-0.15, -0.1) is 0 Å². The first-order valence-electron chi connectivity index (χ1n) is 5.45. The van der Waals surface area contributed by atoms with Gasteiger partial charge in [-0.1, -0.05) is 50.6 Å². The molecule has 0 aromatic carbocycles. The highest BCUT2D eigenvalue weighted by molar-refractivity contribution is 5.30. The molecular weight excluding hydrogens is 168 g/mol. The number of hydrogen-bond donors (Lipinski definition) is 0. The molecule has 0 fully saturated rings. The third kappa shape index (κ3) is 3.95. The van der Waals surface area contributed by atoms with Crippen LogP contribution in [-0.4, -0.2) is 0 Å². The Bertz CT molecular complexity index is 249. The molecule has 0 unspecified atom stereocenters. The van der Waals surface area contributed by atoms with Gasteiger partial charge < -0.3 is 0 Å². The van der Waals surface area contributed by atoms with Gasteiger partial charge >= 0.3 is 0 Å². The van der Waals surface area contributed by atoms with Crippen LogP contribution < -0.4 is 0 Å². The van der Waals surface area contributed by atoms with Gasteiger partial charge in [-0.3, -0.25) is 0 Å². The molecule has 0 radical (unpaired) electrons. The fraction of sp³-hybridized carbons (Fsp3) is 0.571. The van der Waals surface area contributed by atoms with E-state index in [1.807, 2.05) is 0 Å². The smallest absolute Gasteiger partial charge is 0.0109 e. The van der Waals surface area contributed by atoms with Crippen LogP contribution in [0.3, 0.4) is 0 Å². The summed E-state index contributed by atoms with van der Waals surface area (Å²) in [6, 6.07) is 0. The summed E-state index contributed by atoms with van der Waals surface area (Å²) in [4.78, 5) is 0. The summed E-state index contributed by atoms with van der Waals surface area (Å²) < 4.78 is 0. The molecule has 0 bridgehead atoms. The Morgan fingerprint density at radius 3 is 2.00 bits per heavy atom. The summed E-state index contributed by atoms with van der Waals surface area (Å²) in [5.41, 5.74) is 3.02. The van der Waals surface area contributed by atoms with Crippen LogP contribution in [0.15, 0.2) is 35.5 Å². The van der Waals surface area contributed by atoms with E-state index in [2.05, 4.69) is 65.8 Å². The summed E-state index contributed by atoms with van der Waals surface area (Å²) in [7, 11) is 0. The maximum Gasteiger partial charge on any atom is -0.0109 e. The van der Waals surface area contributed by atoms with Crippen LogP contribution in [0.4, 0.5) is 0 Å². The maximum absolute atomic E-state index is 2.29. The molecule has 80 valence electrons. The monoisotopic (exact) mass is 192 g/mol. The Balaban J connectivity index is 4.71. The van der Waals surface area contributed by atoms with Gasteiger partial charge in [0.2, 0.25) is 0 Å². The average Bonchev–Trinajstić information content (AvgIpc) is 2.18. The van der Waals surface area contributed by atoms with Crippen molar-refractivity contribution in [2.75, 3.05) is 0 Å². The molecule has 0 aliphatic carbocycles. The average molecular weight is 192 g/mol. The van der Waals surface area contributed by atoms with Crippen LogP contribution in [0.2, 0.25) is 0 Å². The van der Waals surface area contributed by atoms with Crippen molar-refractivity contribution in [1.82, 2.24) is 0 Å². The molecule has 0 saturated carbocycles. The van der Waals surface area contributed by atoms with Crippen LogP contribution in [0.1, 0.15) is 48.0 Å². The number of rotatable bonds is 4. The van der Waals surface area contributed by atoms with E-state index in [4.69, 9.17) is 0 Å². The molecule has 0 spiro atoms. The van der Waals surface area contributed by atoms with Crippen LogP contribution in [0.25, 0.3) is 0 Å². The van der Waals surface area contributed by atoms with Crippen molar-refractivity contribution in [3.8, 4) is 0 Å². The van der Waals surface area contributed by atoms with Crippen molar-refractivity contribution in [3.63, 3.8) is 0 Å². The normalized spacial score (nSPS) is 15.3. The lowest BCUT2D eigenvalue weighted by Crippen LogP contribution is -2.11. The molecule has 0 amide bonds. The molecule has 0 aromatic heterocycles. The van der Waals surface area contributed by atoms with Gasteiger partial charge in [0.1, 0.15) is 0 Å². The molecule has 0 rings (SSSR count). The minimum atomic E-state index is 0.291. The second kappa shape index (κ2) is 5.85. The van der Waals surface area contributed by atoms with Gasteiger partial charge in [-0.2, -0.15) is 0 Å². The minimum absolute atomic E-state index is 0.291. The Hall–Kier alpha value is -0.780. The molecule has 14 heavy (non-hydrogen) atoms. The highest BCUT2D eigenvalue weighted by atomic mass is 14.2. The lowest BCUT2D eigenvalue weighted by atomic mass is 9.81. The quantitative estimate of drug-likeness (QED) is 0.556. The largest absolute Gasteiger partial charge is 0.0847 e. The van der Waals surface area contributed by atoms with E-state index in [-0.39, 0.29) is 0 Å². The zero-order valence-corrected chi connectivity index (χ0v) is 10.5. The minimum Gasteiger partial charge on any atom is -0.0847 e. The van der Waals surface area contributed by atoms with Gasteiger partial charge in [0.25, 0.3) is 0 Å². The van der Waals surface area contributed by atoms with Crippen molar-refractivity contribution in [1.29, 1.82) is 0 Å². The van der Waals surface area contributed by atoms with E-state index in [0.717, 1.165) is 0 Å². The fourth-order valence-corrected chi connectivity index (χ4v) is 1.23. The summed E-state index contributed by atoms with van der Waals surface area (Å²) in [6.45, 7) is 13.1. The first kappa shape index (κ1) is 13.2. The molecular formula is C14H24. The molecule has 0 atom stereocenters. The van der Waals surface area contributed by atoms with Crippen LogP contribution in [0.5, 0.6) is 0 Å². The first-order chi connectivity index (χ1) is 6.47. The topological polar surface area (TPSA) is 0 Å². The maximum atomic E-state index is 2.29. The predicted octanol–water partition coefficient (Wildman–Crippen LogP) is 4.89. The molecule has 0 aliphatic rings. The van der Waals surface area contributed by atoms with Crippen LogP contribution in [-0.2, 0) is 0 Å². The van der Waals surface area contributed by atoms with Gasteiger partial charge in [0, 0.05) is 0 Å². The van der Waals surface area contributed by atoms with Gasteiger partial charge in [-0.05, 0) is 38.2 Å². The summed E-state index contributed by atoms with van der Waals surface area (Å²) >= 11 is 0. The van der Waals surface area contributed by atoms with Gasteiger partial charge in [0.15, 0.2) is 0 Å². The summed E-state index contributed by atoms with van der Waals surface area (Å²) in [5, 5.41) is 0. The molecule has 0 heterocycles. The predicted molar refractivity (Wildman–Crippen MR) is 66.4 cm³/mol. The SMILES string of the molecule is C\C=C(C)/C=C\C(=C/C)C(C)(C)CC. The zero-order valence-electron chi connectivity index (χ0n) is 10.5. The number of hydrogen-bond acceptors (Lipinski definition) is 0. The Morgan fingerprint density at radius 2 is 1.64 bits per heavy atom. The van der Waals surface area contributed by atoms with E-state index in [1.165, 1.54) is 17.6 Å². The van der Waals surface area contributed by atoms with Crippen LogP contribution in [0, 0.1) is 5.41 Å². The first-order valence-corrected chi connectivity index (χ1v) is 5.45. The van der Waals surface area contributed by atoms with Gasteiger partial charge in [-0.25, -0.2) is 0 Å². The van der Waals surface area contributed by atoms with Crippen molar-refractivity contribution in [2.24, 2.45) is 5.41 Å². The van der Waals surface area contributed by atoms with E-state index < -0.39 is 0 Å². The summed E-state index contributed by atoms with van der Waals surface area (Å²) in [6.07, 6.45) is 9.93. The Kier molecular flexibility index (Phi) is 5.52. The molecule has 0 saturated heterocycles. The summed E-state index contributed by atoms with van der Waals surface area (Å²) in [5.74, 6) is 0. The highest BCUT2D eigenvalue weighted by Crippen LogP contribution is 2.30. The van der Waals surface area contributed by atoms with Crippen LogP contribution >= 0.6 is 0 Å². The molecule has 0 aliphatic heterocycles. The van der Waals surface area contributed by atoms with Crippen molar-refractivity contribution in [2.45, 2.75) is 48.0 Å². The fourth-order valence-electron chi connectivity index (χ4n) is 1.23. The number of allylic oxidation sites excluding steroid dienone is 6. The zero-order chi connectivity index (χ0) is 11.2. The molecule has 0 nitrogen and oxygen atoms in total. The van der Waals surface area contributed by atoms with E-state index >= 15 is 0 Å². The van der Waals surface area contributed by atoms with Gasteiger partial charge in [0.05, 0.1) is 0 Å². The van der Waals surface area contributed by atoms with Crippen molar-refractivity contribution >= 4 is 0 Å². The van der Waals surface area contributed by atoms with Crippen molar-refractivity contribution in [3.05, 3.63) is 35.5 Å². The third-order valence-electron chi connectivity index (χ3n) is 2.96. The van der Waals surface area contributed by atoms with E-state index in [1.54, 1.807) is 0 Å². The lowest BCUT2D eigenvalue weighted by molar-refractivity contribution is 0.439. The second-order valence-electron chi connectivity index (χ2n) is 4.35. The Labute approximate surface area is 89.4 Å². The Morgan fingerprint density at radius 1 is 1.07 bits per heavy atom.